The number of piperazine rings is 1. The van der Waals surface area contributed by atoms with Crippen LogP contribution in [0.25, 0.3) is 5.69 Å². The molecule has 0 atom stereocenters. The highest BCUT2D eigenvalue weighted by Gasteiger charge is 2.35. The minimum atomic E-state index is 0.167. The first-order valence-corrected chi connectivity index (χ1v) is 9.77. The Bertz CT molecular complexity index is 813. The molecule has 0 unspecified atom stereocenters. The molecule has 1 aliphatic carbocycles. The third-order valence-corrected chi connectivity index (χ3v) is 5.77. The molecule has 1 saturated heterocycles. The van der Waals surface area contributed by atoms with Crippen molar-refractivity contribution in [1.82, 2.24) is 19.6 Å². The third kappa shape index (κ3) is 3.05. The Labute approximate surface area is 155 Å². The van der Waals surface area contributed by atoms with E-state index in [0.717, 1.165) is 68.2 Å². The summed E-state index contributed by atoms with van der Waals surface area (Å²) in [4.78, 5) is 17.8. The second-order valence-corrected chi connectivity index (χ2v) is 7.54. The van der Waals surface area contributed by atoms with Crippen molar-refractivity contribution in [2.24, 2.45) is 0 Å². The van der Waals surface area contributed by atoms with Crippen LogP contribution in [-0.4, -0.2) is 58.2 Å². The van der Waals surface area contributed by atoms with Crippen molar-refractivity contribution < 1.29 is 4.79 Å². The minimum Gasteiger partial charge on any atom is -0.336 e. The average molecular weight is 352 g/mol. The van der Waals surface area contributed by atoms with Gasteiger partial charge in [-0.25, -0.2) is 4.68 Å². The van der Waals surface area contributed by atoms with E-state index in [-0.39, 0.29) is 5.91 Å². The summed E-state index contributed by atoms with van der Waals surface area (Å²) in [6.45, 7) is 10.9. The number of hydrogen-bond donors (Lipinski definition) is 0. The zero-order chi connectivity index (χ0) is 18.3. The molecule has 5 nitrogen and oxygen atoms in total. The topological polar surface area (TPSA) is 41.4 Å². The fraction of sp³-hybridized carbons (Fsp3) is 0.524. The highest BCUT2D eigenvalue weighted by molar-refractivity contribution is 5.97. The van der Waals surface area contributed by atoms with Crippen LogP contribution in [0.3, 0.4) is 0 Å². The highest BCUT2D eigenvalue weighted by atomic mass is 16.2. The fourth-order valence-electron chi connectivity index (χ4n) is 3.89. The van der Waals surface area contributed by atoms with Crippen molar-refractivity contribution in [3.8, 4) is 5.69 Å². The van der Waals surface area contributed by atoms with Crippen LogP contribution in [0.2, 0.25) is 0 Å². The Balaban J connectivity index is 1.69. The van der Waals surface area contributed by atoms with E-state index in [4.69, 9.17) is 5.10 Å². The van der Waals surface area contributed by atoms with Crippen LogP contribution >= 0.6 is 0 Å². The minimum absolute atomic E-state index is 0.167. The van der Waals surface area contributed by atoms with Crippen LogP contribution in [-0.2, 0) is 0 Å². The van der Waals surface area contributed by atoms with Gasteiger partial charge in [-0.2, -0.15) is 5.10 Å². The molecule has 0 radical (unpaired) electrons. The lowest BCUT2D eigenvalue weighted by molar-refractivity contribution is 0.0641. The zero-order valence-electron chi connectivity index (χ0n) is 16.0. The van der Waals surface area contributed by atoms with Gasteiger partial charge in [0.25, 0.3) is 5.91 Å². The second-order valence-electron chi connectivity index (χ2n) is 7.54. The van der Waals surface area contributed by atoms with Gasteiger partial charge in [-0.15, -0.1) is 0 Å². The van der Waals surface area contributed by atoms with Gasteiger partial charge < -0.3 is 9.80 Å². The number of nitrogens with zero attached hydrogens (tertiary/aromatic N) is 4. The summed E-state index contributed by atoms with van der Waals surface area (Å²) in [6, 6.07) is 8.25. The maximum Gasteiger partial charge on any atom is 0.257 e. The molecule has 5 heteroatoms. The van der Waals surface area contributed by atoms with Gasteiger partial charge in [-0.05, 0) is 44.9 Å². The molecule has 0 N–H and O–H groups in total. The number of para-hydroxylation sites is 1. The number of carbonyl (C=O) groups excluding carboxylic acids is 1. The van der Waals surface area contributed by atoms with E-state index >= 15 is 0 Å². The van der Waals surface area contributed by atoms with Gasteiger partial charge in [0, 0.05) is 32.1 Å². The molecule has 2 heterocycles. The van der Waals surface area contributed by atoms with Crippen LogP contribution in [0.1, 0.15) is 53.0 Å². The molecule has 1 amide bonds. The number of aryl methyl sites for hydroxylation is 1. The first-order chi connectivity index (χ1) is 12.6. The van der Waals surface area contributed by atoms with Crippen molar-refractivity contribution >= 4 is 5.91 Å². The van der Waals surface area contributed by atoms with Crippen LogP contribution in [0, 0.1) is 13.8 Å². The largest absolute Gasteiger partial charge is 0.336 e. The molecule has 1 aromatic heterocycles. The predicted octanol–water partition coefficient (Wildman–Crippen LogP) is 3.14. The molecular formula is C21H28N4O. The Morgan fingerprint density at radius 1 is 1.12 bits per heavy atom. The van der Waals surface area contributed by atoms with Gasteiger partial charge in [-0.3, -0.25) is 4.79 Å². The number of rotatable bonds is 4. The van der Waals surface area contributed by atoms with Crippen molar-refractivity contribution in [2.75, 3.05) is 32.7 Å². The van der Waals surface area contributed by atoms with E-state index in [9.17, 15) is 4.79 Å². The fourth-order valence-corrected chi connectivity index (χ4v) is 3.89. The molecule has 26 heavy (non-hydrogen) atoms. The molecule has 0 spiro atoms. The summed E-state index contributed by atoms with van der Waals surface area (Å²) >= 11 is 0. The smallest absolute Gasteiger partial charge is 0.257 e. The van der Waals surface area contributed by atoms with Gasteiger partial charge in [0.15, 0.2) is 0 Å². The number of carbonyl (C=O) groups is 1. The van der Waals surface area contributed by atoms with E-state index in [1.165, 1.54) is 5.56 Å². The van der Waals surface area contributed by atoms with E-state index < -0.39 is 0 Å². The number of benzene rings is 1. The maximum atomic E-state index is 13.4. The number of hydrogen-bond acceptors (Lipinski definition) is 3. The zero-order valence-corrected chi connectivity index (χ0v) is 16.0. The Hall–Kier alpha value is -2.14. The lowest BCUT2D eigenvalue weighted by atomic mass is 10.1. The van der Waals surface area contributed by atoms with Crippen LogP contribution in [0.5, 0.6) is 0 Å². The van der Waals surface area contributed by atoms with Crippen molar-refractivity contribution in [1.29, 1.82) is 0 Å². The number of amides is 1. The molecule has 2 aromatic rings. The molecule has 1 aromatic carbocycles. The van der Waals surface area contributed by atoms with Crippen LogP contribution in [0.15, 0.2) is 24.3 Å². The SMILES string of the molecule is CCN1CCN(C(=O)c2c(C3CC3)nn(-c3ccccc3C)c2C)CC1. The summed E-state index contributed by atoms with van der Waals surface area (Å²) < 4.78 is 1.98. The molecular weight excluding hydrogens is 324 g/mol. The van der Waals surface area contributed by atoms with Gasteiger partial charge in [0.2, 0.25) is 0 Å². The molecule has 1 saturated carbocycles. The van der Waals surface area contributed by atoms with Crippen LogP contribution < -0.4 is 0 Å². The second kappa shape index (κ2) is 6.88. The average Bonchev–Trinajstić information content (AvgIpc) is 3.45. The van der Waals surface area contributed by atoms with Gasteiger partial charge in [0.05, 0.1) is 22.6 Å². The lowest BCUT2D eigenvalue weighted by Gasteiger charge is -2.34. The first-order valence-electron chi connectivity index (χ1n) is 9.77. The summed E-state index contributed by atoms with van der Waals surface area (Å²) in [5.41, 5.74) is 5.08. The van der Waals surface area contributed by atoms with Crippen molar-refractivity contribution in [3.05, 3.63) is 46.8 Å². The summed E-state index contributed by atoms with van der Waals surface area (Å²) in [7, 11) is 0. The van der Waals surface area contributed by atoms with Gasteiger partial charge in [0.1, 0.15) is 0 Å². The molecule has 0 bridgehead atoms. The van der Waals surface area contributed by atoms with Crippen molar-refractivity contribution in [2.45, 2.75) is 39.5 Å². The maximum absolute atomic E-state index is 13.4. The predicted molar refractivity (Wildman–Crippen MR) is 103 cm³/mol. The normalized spacial score (nSPS) is 18.3. The highest BCUT2D eigenvalue weighted by Crippen LogP contribution is 2.42. The first kappa shape index (κ1) is 17.3. The monoisotopic (exact) mass is 352 g/mol. The molecule has 2 aliphatic rings. The van der Waals surface area contributed by atoms with E-state index in [0.29, 0.717) is 5.92 Å². The van der Waals surface area contributed by atoms with Crippen LogP contribution in [0.4, 0.5) is 0 Å². The van der Waals surface area contributed by atoms with E-state index in [2.05, 4.69) is 30.9 Å². The lowest BCUT2D eigenvalue weighted by Crippen LogP contribution is -2.48. The number of aromatic nitrogens is 2. The number of likely N-dealkylation sites (N-methyl/N-ethyl adjacent to an activating group) is 1. The quantitative estimate of drug-likeness (QED) is 0.849. The van der Waals surface area contributed by atoms with E-state index in [1.807, 2.05) is 28.6 Å². The summed E-state index contributed by atoms with van der Waals surface area (Å²) in [6.07, 6.45) is 2.29. The molecule has 4 rings (SSSR count). The van der Waals surface area contributed by atoms with E-state index in [1.54, 1.807) is 0 Å². The molecule has 138 valence electrons. The Morgan fingerprint density at radius 3 is 2.42 bits per heavy atom. The molecule has 1 aliphatic heterocycles. The summed E-state index contributed by atoms with van der Waals surface area (Å²) in [5, 5.41) is 4.91. The third-order valence-electron chi connectivity index (χ3n) is 5.77. The Morgan fingerprint density at radius 2 is 1.81 bits per heavy atom. The van der Waals surface area contributed by atoms with Gasteiger partial charge in [-0.1, -0.05) is 25.1 Å². The standard InChI is InChI=1S/C21H28N4O/c1-4-23-11-13-24(14-12-23)21(26)19-16(3)25(22-20(19)17-9-10-17)18-8-6-5-7-15(18)2/h5-8,17H,4,9-14H2,1-3H3. The van der Waals surface area contributed by atoms with Gasteiger partial charge >= 0.3 is 0 Å². The molecule has 2 fully saturated rings. The summed E-state index contributed by atoms with van der Waals surface area (Å²) in [5.74, 6) is 0.620. The van der Waals surface area contributed by atoms with Crippen molar-refractivity contribution in [3.63, 3.8) is 0 Å². The Kier molecular flexibility index (Phi) is 4.57.